The second-order valence-electron chi connectivity index (χ2n) is 5.12. The minimum Gasteiger partial charge on any atom is -0.364 e. The number of nitrogens with two attached hydrogens (primary N) is 1. The zero-order valence-electron chi connectivity index (χ0n) is 12.2. The highest BCUT2D eigenvalue weighted by Crippen LogP contribution is 2.27. The first-order chi connectivity index (χ1) is 10.9. The van der Waals surface area contributed by atoms with Crippen LogP contribution in [-0.4, -0.2) is 30.5 Å². The van der Waals surface area contributed by atoms with Gasteiger partial charge in [-0.3, -0.25) is 9.78 Å². The Bertz CT molecular complexity index is 1010. The van der Waals surface area contributed by atoms with Gasteiger partial charge in [0, 0.05) is 29.6 Å². The van der Waals surface area contributed by atoms with Crippen LogP contribution in [0.25, 0.3) is 22.0 Å². The number of sulfone groups is 1. The number of hydrogen-bond donors (Lipinski definition) is 1. The Labute approximate surface area is 132 Å². The molecule has 0 saturated carbocycles. The SMILES string of the molecule is CS(=O)(=O)c1ccc(-c2cncc3ccc(C(N)=O)nc23)cc1. The van der Waals surface area contributed by atoms with Crippen LogP contribution in [0.15, 0.2) is 53.7 Å². The van der Waals surface area contributed by atoms with E-state index in [4.69, 9.17) is 5.73 Å². The topological polar surface area (TPSA) is 103 Å². The summed E-state index contributed by atoms with van der Waals surface area (Å²) in [5.41, 5.74) is 7.48. The van der Waals surface area contributed by atoms with Crippen molar-refractivity contribution in [3.05, 3.63) is 54.5 Å². The van der Waals surface area contributed by atoms with Crippen molar-refractivity contribution in [3.8, 4) is 11.1 Å². The molecule has 1 aromatic carbocycles. The Morgan fingerprint density at radius 3 is 2.35 bits per heavy atom. The molecule has 0 unspecified atom stereocenters. The fourth-order valence-electron chi connectivity index (χ4n) is 2.27. The standard InChI is InChI=1S/C16H13N3O3S/c1-23(21,22)12-5-2-10(3-6-12)13-9-18-8-11-4-7-14(16(17)20)19-15(11)13/h2-9H,1H3,(H2,17,20). The van der Waals surface area contributed by atoms with E-state index in [0.717, 1.165) is 17.2 Å². The van der Waals surface area contributed by atoms with Crippen LogP contribution in [0.3, 0.4) is 0 Å². The van der Waals surface area contributed by atoms with Gasteiger partial charge in [-0.05, 0) is 29.8 Å². The van der Waals surface area contributed by atoms with Crippen molar-refractivity contribution in [2.45, 2.75) is 4.90 Å². The third kappa shape index (κ3) is 2.91. The lowest BCUT2D eigenvalue weighted by Gasteiger charge is -2.07. The first-order valence-electron chi connectivity index (χ1n) is 6.71. The van der Waals surface area contributed by atoms with E-state index in [-0.39, 0.29) is 10.6 Å². The number of benzene rings is 1. The number of aromatic nitrogens is 2. The number of nitrogens with zero attached hydrogens (tertiary/aromatic N) is 2. The number of fused-ring (bicyclic) bond motifs is 1. The summed E-state index contributed by atoms with van der Waals surface area (Å²) in [6.07, 6.45) is 4.42. The third-order valence-electron chi connectivity index (χ3n) is 3.44. The van der Waals surface area contributed by atoms with Gasteiger partial charge in [0.25, 0.3) is 5.91 Å². The van der Waals surface area contributed by atoms with Gasteiger partial charge < -0.3 is 5.73 Å². The maximum Gasteiger partial charge on any atom is 0.267 e. The summed E-state index contributed by atoms with van der Waals surface area (Å²) in [5.74, 6) is -0.609. The highest BCUT2D eigenvalue weighted by molar-refractivity contribution is 7.90. The maximum atomic E-state index is 11.5. The second-order valence-corrected chi connectivity index (χ2v) is 7.13. The van der Waals surface area contributed by atoms with Gasteiger partial charge in [0.2, 0.25) is 0 Å². The molecule has 2 aromatic heterocycles. The minimum atomic E-state index is -3.25. The van der Waals surface area contributed by atoms with Crippen LogP contribution < -0.4 is 5.73 Å². The van der Waals surface area contributed by atoms with Crippen molar-refractivity contribution in [3.63, 3.8) is 0 Å². The molecule has 116 valence electrons. The van der Waals surface area contributed by atoms with Crippen molar-refractivity contribution >= 4 is 26.6 Å². The monoisotopic (exact) mass is 327 g/mol. The molecule has 0 aliphatic carbocycles. The van der Waals surface area contributed by atoms with Crippen LogP contribution >= 0.6 is 0 Å². The lowest BCUT2D eigenvalue weighted by molar-refractivity contribution is 0.0996. The molecular weight excluding hydrogens is 314 g/mol. The first-order valence-corrected chi connectivity index (χ1v) is 8.60. The predicted molar refractivity (Wildman–Crippen MR) is 86.6 cm³/mol. The van der Waals surface area contributed by atoms with Gasteiger partial charge in [0.05, 0.1) is 10.4 Å². The van der Waals surface area contributed by atoms with Crippen molar-refractivity contribution in [2.75, 3.05) is 6.26 Å². The van der Waals surface area contributed by atoms with E-state index in [0.29, 0.717) is 11.1 Å². The van der Waals surface area contributed by atoms with Crippen LogP contribution in [0.5, 0.6) is 0 Å². The van der Waals surface area contributed by atoms with Crippen LogP contribution in [0.2, 0.25) is 0 Å². The van der Waals surface area contributed by atoms with Gasteiger partial charge in [0.1, 0.15) is 5.69 Å². The molecule has 2 N–H and O–H groups in total. The van der Waals surface area contributed by atoms with Gasteiger partial charge in [0.15, 0.2) is 9.84 Å². The number of amides is 1. The van der Waals surface area contributed by atoms with Crippen molar-refractivity contribution in [1.29, 1.82) is 0 Å². The average molecular weight is 327 g/mol. The fraction of sp³-hybridized carbons (Fsp3) is 0.0625. The van der Waals surface area contributed by atoms with E-state index >= 15 is 0 Å². The van der Waals surface area contributed by atoms with E-state index in [1.807, 2.05) is 0 Å². The molecule has 2 heterocycles. The van der Waals surface area contributed by atoms with Crippen LogP contribution in [0, 0.1) is 0 Å². The highest BCUT2D eigenvalue weighted by atomic mass is 32.2. The molecule has 0 aliphatic rings. The number of pyridine rings is 2. The summed E-state index contributed by atoms with van der Waals surface area (Å²) in [6.45, 7) is 0. The third-order valence-corrected chi connectivity index (χ3v) is 4.57. The number of carbonyl (C=O) groups is 1. The van der Waals surface area contributed by atoms with Gasteiger partial charge in [-0.25, -0.2) is 13.4 Å². The quantitative estimate of drug-likeness (QED) is 0.790. The van der Waals surface area contributed by atoms with Crippen LogP contribution in [0.4, 0.5) is 0 Å². The van der Waals surface area contributed by atoms with Crippen LogP contribution in [-0.2, 0) is 9.84 Å². The maximum absolute atomic E-state index is 11.5. The molecule has 3 rings (SSSR count). The van der Waals surface area contributed by atoms with E-state index in [1.165, 1.54) is 12.1 Å². The zero-order valence-corrected chi connectivity index (χ0v) is 13.0. The second kappa shape index (κ2) is 5.44. The molecular formula is C16H13N3O3S. The Kier molecular flexibility index (Phi) is 3.57. The lowest BCUT2D eigenvalue weighted by Crippen LogP contribution is -2.12. The molecule has 0 atom stereocenters. The van der Waals surface area contributed by atoms with E-state index in [2.05, 4.69) is 9.97 Å². The number of carbonyl (C=O) groups excluding carboxylic acids is 1. The largest absolute Gasteiger partial charge is 0.364 e. The molecule has 0 aliphatic heterocycles. The Morgan fingerprint density at radius 1 is 1.04 bits per heavy atom. The molecule has 1 amide bonds. The molecule has 0 fully saturated rings. The normalized spacial score (nSPS) is 11.5. The highest BCUT2D eigenvalue weighted by Gasteiger charge is 2.11. The summed E-state index contributed by atoms with van der Waals surface area (Å²) in [6, 6.07) is 9.70. The number of primary amides is 1. The van der Waals surface area contributed by atoms with Crippen LogP contribution in [0.1, 0.15) is 10.5 Å². The Hall–Kier alpha value is -2.80. The van der Waals surface area contributed by atoms with E-state index in [9.17, 15) is 13.2 Å². The minimum absolute atomic E-state index is 0.165. The van der Waals surface area contributed by atoms with Gasteiger partial charge in [-0.1, -0.05) is 12.1 Å². The molecule has 23 heavy (non-hydrogen) atoms. The van der Waals surface area contributed by atoms with Gasteiger partial charge >= 0.3 is 0 Å². The summed E-state index contributed by atoms with van der Waals surface area (Å²) in [4.78, 5) is 20.0. The molecule has 0 bridgehead atoms. The van der Waals surface area contributed by atoms with Crippen molar-refractivity contribution < 1.29 is 13.2 Å². The smallest absolute Gasteiger partial charge is 0.267 e. The van der Waals surface area contributed by atoms with E-state index in [1.54, 1.807) is 36.7 Å². The molecule has 7 heteroatoms. The Balaban J connectivity index is 2.19. The van der Waals surface area contributed by atoms with E-state index < -0.39 is 15.7 Å². The van der Waals surface area contributed by atoms with Crippen molar-refractivity contribution in [1.82, 2.24) is 9.97 Å². The summed E-state index contributed by atoms with van der Waals surface area (Å²) < 4.78 is 23.1. The Morgan fingerprint density at radius 2 is 1.74 bits per heavy atom. The predicted octanol–water partition coefficient (Wildman–Crippen LogP) is 1.80. The lowest BCUT2D eigenvalue weighted by atomic mass is 10.0. The number of rotatable bonds is 3. The number of hydrogen-bond acceptors (Lipinski definition) is 5. The summed E-state index contributed by atoms with van der Waals surface area (Å²) >= 11 is 0. The molecule has 0 saturated heterocycles. The molecule has 3 aromatic rings. The van der Waals surface area contributed by atoms with Gasteiger partial charge in [-0.15, -0.1) is 0 Å². The molecule has 6 nitrogen and oxygen atoms in total. The summed E-state index contributed by atoms with van der Waals surface area (Å²) in [7, 11) is -3.25. The van der Waals surface area contributed by atoms with Gasteiger partial charge in [-0.2, -0.15) is 0 Å². The van der Waals surface area contributed by atoms with Crippen molar-refractivity contribution in [2.24, 2.45) is 5.73 Å². The fourth-order valence-corrected chi connectivity index (χ4v) is 2.90. The summed E-state index contributed by atoms with van der Waals surface area (Å²) in [5, 5.41) is 0.764. The first kappa shape index (κ1) is 15.1. The molecule has 0 radical (unpaired) electrons. The zero-order chi connectivity index (χ0) is 16.6. The average Bonchev–Trinajstić information content (AvgIpc) is 2.53. The molecule has 0 spiro atoms.